The highest BCUT2D eigenvalue weighted by Crippen LogP contribution is 2.24. The number of benzene rings is 2. The van der Waals surface area contributed by atoms with E-state index >= 15 is 0 Å². The van der Waals surface area contributed by atoms with Gasteiger partial charge in [-0.2, -0.15) is 0 Å². The molecular weight excluding hydrogens is 390 g/mol. The quantitative estimate of drug-likeness (QED) is 0.742. The number of aryl methyl sites for hydroxylation is 1. The van der Waals surface area contributed by atoms with Crippen LogP contribution in [0.4, 0.5) is 5.69 Å². The molecule has 1 aliphatic rings. The maximum Gasteiger partial charge on any atom is 0.261 e. The van der Waals surface area contributed by atoms with E-state index in [-0.39, 0.29) is 18.4 Å². The smallest absolute Gasteiger partial charge is 0.261 e. The van der Waals surface area contributed by atoms with Gasteiger partial charge in [-0.25, -0.2) is 0 Å². The van der Waals surface area contributed by atoms with Crippen LogP contribution in [0.25, 0.3) is 0 Å². The molecule has 3 rings (SSSR count). The van der Waals surface area contributed by atoms with E-state index in [1.165, 1.54) is 11.3 Å². The van der Waals surface area contributed by atoms with Crippen LogP contribution in [0.2, 0.25) is 0 Å². The van der Waals surface area contributed by atoms with Gasteiger partial charge < -0.3 is 19.9 Å². The average Bonchev–Trinajstić information content (AvgIpc) is 2.77. The van der Waals surface area contributed by atoms with E-state index in [4.69, 9.17) is 4.74 Å². The lowest BCUT2D eigenvalue weighted by Gasteiger charge is -2.36. The van der Waals surface area contributed by atoms with Gasteiger partial charge in [-0.05, 0) is 55.2 Å². The van der Waals surface area contributed by atoms with Crippen LogP contribution in [0.1, 0.15) is 37.8 Å². The minimum atomic E-state index is -0.674. The minimum Gasteiger partial charge on any atom is -0.481 e. The molecule has 2 aromatic rings. The van der Waals surface area contributed by atoms with Crippen LogP contribution in [-0.4, -0.2) is 55.5 Å². The normalized spacial score (nSPS) is 15.0. The van der Waals surface area contributed by atoms with Gasteiger partial charge in [0.2, 0.25) is 5.91 Å². The van der Waals surface area contributed by atoms with E-state index in [1.54, 1.807) is 11.8 Å². The highest BCUT2D eigenvalue weighted by atomic mass is 16.5. The Labute approximate surface area is 185 Å². The molecule has 6 nitrogen and oxygen atoms in total. The number of nitrogens with zero attached hydrogens (tertiary/aromatic N) is 2. The first-order chi connectivity index (χ1) is 14.8. The highest BCUT2D eigenvalue weighted by molar-refractivity contribution is 5.87. The number of amides is 2. The molecule has 1 aliphatic heterocycles. The third-order valence-electron chi connectivity index (χ3n) is 5.71. The fourth-order valence-corrected chi connectivity index (χ4v) is 3.90. The zero-order chi connectivity index (χ0) is 22.4. The molecule has 1 heterocycles. The van der Waals surface area contributed by atoms with Crippen molar-refractivity contribution >= 4 is 17.5 Å². The van der Waals surface area contributed by atoms with E-state index < -0.39 is 6.10 Å². The first-order valence-electron chi connectivity index (χ1n) is 11.0. The van der Waals surface area contributed by atoms with Gasteiger partial charge in [-0.1, -0.05) is 38.1 Å². The molecule has 1 saturated heterocycles. The van der Waals surface area contributed by atoms with E-state index in [0.717, 1.165) is 18.7 Å². The zero-order valence-electron chi connectivity index (χ0n) is 18.9. The van der Waals surface area contributed by atoms with Gasteiger partial charge >= 0.3 is 0 Å². The van der Waals surface area contributed by atoms with Crippen LogP contribution in [0.5, 0.6) is 5.75 Å². The summed E-state index contributed by atoms with van der Waals surface area (Å²) in [4.78, 5) is 29.0. The number of hydrogen-bond acceptors (Lipinski definition) is 4. The number of carbonyl (C=O) groups is 2. The van der Waals surface area contributed by atoms with Crippen LogP contribution in [0.15, 0.2) is 48.5 Å². The molecule has 2 aromatic carbocycles. The van der Waals surface area contributed by atoms with E-state index in [1.807, 2.05) is 43.3 Å². The van der Waals surface area contributed by atoms with Gasteiger partial charge in [0.1, 0.15) is 5.75 Å². The molecule has 0 radical (unpaired) electrons. The van der Waals surface area contributed by atoms with Crippen LogP contribution < -0.4 is 15.0 Å². The molecule has 1 fully saturated rings. The average molecular weight is 424 g/mol. The Balaban J connectivity index is 1.44. The summed E-state index contributed by atoms with van der Waals surface area (Å²) in [6.45, 7) is 10.9. The van der Waals surface area contributed by atoms with Crippen molar-refractivity contribution in [3.63, 3.8) is 0 Å². The Morgan fingerprint density at radius 3 is 2.29 bits per heavy atom. The molecule has 0 spiro atoms. The SMILES string of the molecule is Cc1cc(OC(C)C(=O)NCC(=O)N2CCN(c3ccccc3)CC2)ccc1C(C)C. The lowest BCUT2D eigenvalue weighted by atomic mass is 9.98. The van der Waals surface area contributed by atoms with Crippen molar-refractivity contribution in [2.24, 2.45) is 0 Å². The highest BCUT2D eigenvalue weighted by Gasteiger charge is 2.23. The third kappa shape index (κ3) is 6.00. The molecule has 2 amide bonds. The molecule has 0 aliphatic carbocycles. The minimum absolute atomic E-state index is 0.0107. The zero-order valence-corrected chi connectivity index (χ0v) is 18.9. The number of carbonyl (C=O) groups excluding carboxylic acids is 2. The number of piperazine rings is 1. The summed E-state index contributed by atoms with van der Waals surface area (Å²) in [7, 11) is 0. The lowest BCUT2D eigenvalue weighted by Crippen LogP contribution is -2.52. The number of nitrogens with one attached hydrogen (secondary N) is 1. The number of anilines is 1. The summed E-state index contributed by atoms with van der Waals surface area (Å²) in [5.41, 5.74) is 3.58. The Morgan fingerprint density at radius 2 is 1.68 bits per heavy atom. The van der Waals surface area contributed by atoms with E-state index in [9.17, 15) is 9.59 Å². The summed E-state index contributed by atoms with van der Waals surface area (Å²) < 4.78 is 5.79. The van der Waals surface area contributed by atoms with Gasteiger partial charge in [-0.15, -0.1) is 0 Å². The van der Waals surface area contributed by atoms with Gasteiger partial charge in [0.25, 0.3) is 5.91 Å². The second-order valence-electron chi connectivity index (χ2n) is 8.35. The standard InChI is InChI=1S/C25H33N3O3/c1-18(2)23-11-10-22(16-19(23)3)31-20(4)25(30)26-17-24(29)28-14-12-27(13-15-28)21-8-6-5-7-9-21/h5-11,16,18,20H,12-15,17H2,1-4H3,(H,26,30). The summed E-state index contributed by atoms with van der Waals surface area (Å²) in [6, 6.07) is 16.1. The Hall–Kier alpha value is -3.02. The summed E-state index contributed by atoms with van der Waals surface area (Å²) in [5.74, 6) is 0.746. The van der Waals surface area contributed by atoms with Crippen LogP contribution in [0.3, 0.4) is 0 Å². The maximum absolute atomic E-state index is 12.5. The predicted octanol–water partition coefficient (Wildman–Crippen LogP) is 3.35. The molecule has 0 aromatic heterocycles. The number of rotatable bonds is 7. The monoisotopic (exact) mass is 423 g/mol. The van der Waals surface area contributed by atoms with Gasteiger partial charge in [0.05, 0.1) is 6.54 Å². The first kappa shape index (κ1) is 22.7. The molecule has 1 N–H and O–H groups in total. The van der Waals surface area contributed by atoms with Crippen molar-refractivity contribution in [3.05, 3.63) is 59.7 Å². The molecule has 1 unspecified atom stereocenters. The molecule has 166 valence electrons. The predicted molar refractivity (Wildman–Crippen MR) is 124 cm³/mol. The molecule has 6 heteroatoms. The number of ether oxygens (including phenoxy) is 1. The first-order valence-corrected chi connectivity index (χ1v) is 11.0. The second-order valence-corrected chi connectivity index (χ2v) is 8.35. The number of hydrogen-bond donors (Lipinski definition) is 1. The van der Waals surface area contributed by atoms with Gasteiger partial charge in [-0.3, -0.25) is 9.59 Å². The van der Waals surface area contributed by atoms with Gasteiger partial charge in [0.15, 0.2) is 6.10 Å². The van der Waals surface area contributed by atoms with Crippen molar-refractivity contribution in [2.75, 3.05) is 37.6 Å². The third-order valence-corrected chi connectivity index (χ3v) is 5.71. The Kier molecular flexibility index (Phi) is 7.55. The summed E-state index contributed by atoms with van der Waals surface area (Å²) >= 11 is 0. The molecule has 31 heavy (non-hydrogen) atoms. The number of para-hydroxylation sites is 1. The maximum atomic E-state index is 12.5. The fourth-order valence-electron chi connectivity index (χ4n) is 3.90. The molecule has 1 atom stereocenters. The molecule has 0 bridgehead atoms. The lowest BCUT2D eigenvalue weighted by molar-refractivity contribution is -0.134. The van der Waals surface area contributed by atoms with Crippen molar-refractivity contribution in [2.45, 2.75) is 39.7 Å². The van der Waals surface area contributed by atoms with E-state index in [0.29, 0.717) is 24.8 Å². The Morgan fingerprint density at radius 1 is 1.00 bits per heavy atom. The second kappa shape index (κ2) is 10.3. The molecular formula is C25H33N3O3. The van der Waals surface area contributed by atoms with Crippen molar-refractivity contribution in [1.82, 2.24) is 10.2 Å². The fraction of sp³-hybridized carbons (Fsp3) is 0.440. The van der Waals surface area contributed by atoms with Crippen molar-refractivity contribution in [1.29, 1.82) is 0 Å². The Bertz CT molecular complexity index is 890. The van der Waals surface area contributed by atoms with Gasteiger partial charge in [0, 0.05) is 31.9 Å². The van der Waals surface area contributed by atoms with E-state index in [2.05, 4.69) is 36.2 Å². The van der Waals surface area contributed by atoms with Crippen molar-refractivity contribution < 1.29 is 14.3 Å². The molecule has 0 saturated carbocycles. The van der Waals surface area contributed by atoms with Crippen LogP contribution >= 0.6 is 0 Å². The van der Waals surface area contributed by atoms with Crippen molar-refractivity contribution in [3.8, 4) is 5.75 Å². The van der Waals surface area contributed by atoms with Crippen LogP contribution in [0, 0.1) is 6.92 Å². The summed E-state index contributed by atoms with van der Waals surface area (Å²) in [5, 5.41) is 2.72. The topological polar surface area (TPSA) is 61.9 Å². The van der Waals surface area contributed by atoms with Crippen LogP contribution in [-0.2, 0) is 9.59 Å². The largest absolute Gasteiger partial charge is 0.481 e. The summed E-state index contributed by atoms with van der Waals surface area (Å²) in [6.07, 6.45) is -0.674.